The Labute approximate surface area is 165 Å². The normalized spacial score (nSPS) is 22.3. The van der Waals surface area contributed by atoms with Crippen molar-refractivity contribution in [1.29, 1.82) is 0 Å². The third-order valence-electron chi connectivity index (χ3n) is 5.28. The van der Waals surface area contributed by atoms with Crippen LogP contribution in [0.2, 0.25) is 0 Å². The molecule has 0 aromatic heterocycles. The van der Waals surface area contributed by atoms with Crippen molar-refractivity contribution in [2.75, 3.05) is 37.7 Å². The highest BCUT2D eigenvalue weighted by Gasteiger charge is 2.40. The molecule has 2 aliphatic heterocycles. The number of nitrogens with zero attached hydrogens (tertiary/aromatic N) is 2. The minimum atomic E-state index is -0.400. The monoisotopic (exact) mass is 388 g/mol. The zero-order valence-electron chi connectivity index (χ0n) is 16.6. The van der Waals surface area contributed by atoms with Crippen molar-refractivity contribution in [3.8, 4) is 5.75 Å². The zero-order chi connectivity index (χ0) is 20.1. The van der Waals surface area contributed by atoms with Gasteiger partial charge in [0.2, 0.25) is 11.8 Å². The second-order valence-corrected chi connectivity index (χ2v) is 7.18. The van der Waals surface area contributed by atoms with Gasteiger partial charge in [-0.05, 0) is 38.8 Å². The average Bonchev–Trinajstić information content (AvgIpc) is 3.10. The Bertz CT molecular complexity index is 735. The van der Waals surface area contributed by atoms with E-state index in [4.69, 9.17) is 9.47 Å². The Balaban J connectivity index is 1.68. The molecule has 28 heavy (non-hydrogen) atoms. The molecule has 0 bridgehead atoms. The van der Waals surface area contributed by atoms with Gasteiger partial charge in [-0.15, -0.1) is 0 Å². The van der Waals surface area contributed by atoms with E-state index in [-0.39, 0.29) is 30.1 Å². The minimum absolute atomic E-state index is 0.0567. The van der Waals surface area contributed by atoms with Crippen LogP contribution in [0.25, 0.3) is 0 Å². The maximum atomic E-state index is 13.0. The number of benzene rings is 1. The number of carbonyl (C=O) groups excluding carboxylic acids is 3. The summed E-state index contributed by atoms with van der Waals surface area (Å²) in [5, 5.41) is 0. The number of esters is 1. The molecule has 3 rings (SSSR count). The summed E-state index contributed by atoms with van der Waals surface area (Å²) in [5.74, 6) is -0.405. The Morgan fingerprint density at radius 2 is 1.89 bits per heavy atom. The highest BCUT2D eigenvalue weighted by atomic mass is 16.5. The minimum Gasteiger partial charge on any atom is -0.492 e. The molecule has 2 fully saturated rings. The molecule has 152 valence electrons. The second-order valence-electron chi connectivity index (χ2n) is 7.18. The summed E-state index contributed by atoms with van der Waals surface area (Å²) >= 11 is 0. The fourth-order valence-electron chi connectivity index (χ4n) is 3.95. The fraction of sp³-hybridized carbons (Fsp3) is 0.571. The maximum Gasteiger partial charge on any atom is 0.310 e. The standard InChI is InChI=1S/C21H28N2O5/c1-3-27-18-10-6-5-9-17(18)23-14-16(12-19(23)24)20(25)22-11-7-8-15(13-22)21(26)28-4-2/h5-6,9-10,15-16H,3-4,7-8,11-14H2,1-2H3. The number of carbonyl (C=O) groups is 3. The van der Waals surface area contributed by atoms with Crippen LogP contribution in [0, 0.1) is 11.8 Å². The van der Waals surface area contributed by atoms with E-state index in [0.29, 0.717) is 44.3 Å². The molecule has 2 aliphatic rings. The van der Waals surface area contributed by atoms with Gasteiger partial charge in [0, 0.05) is 26.1 Å². The van der Waals surface area contributed by atoms with E-state index >= 15 is 0 Å². The zero-order valence-corrected chi connectivity index (χ0v) is 16.6. The van der Waals surface area contributed by atoms with Crippen molar-refractivity contribution >= 4 is 23.5 Å². The number of para-hydroxylation sites is 2. The predicted octanol–water partition coefficient (Wildman–Crippen LogP) is 2.24. The van der Waals surface area contributed by atoms with Crippen LogP contribution >= 0.6 is 0 Å². The Hall–Kier alpha value is -2.57. The second kappa shape index (κ2) is 9.08. The van der Waals surface area contributed by atoms with Crippen LogP contribution < -0.4 is 9.64 Å². The lowest BCUT2D eigenvalue weighted by molar-refractivity contribution is -0.152. The van der Waals surface area contributed by atoms with E-state index < -0.39 is 5.92 Å². The van der Waals surface area contributed by atoms with Crippen LogP contribution in [-0.2, 0) is 19.1 Å². The van der Waals surface area contributed by atoms with Gasteiger partial charge in [0.25, 0.3) is 0 Å². The van der Waals surface area contributed by atoms with Gasteiger partial charge >= 0.3 is 5.97 Å². The van der Waals surface area contributed by atoms with Gasteiger partial charge in [-0.2, -0.15) is 0 Å². The molecule has 1 aromatic rings. The molecular weight excluding hydrogens is 360 g/mol. The summed E-state index contributed by atoms with van der Waals surface area (Å²) in [6.45, 7) is 5.85. The smallest absolute Gasteiger partial charge is 0.310 e. The highest BCUT2D eigenvalue weighted by Crippen LogP contribution is 2.34. The quantitative estimate of drug-likeness (QED) is 0.699. The van der Waals surface area contributed by atoms with E-state index in [1.54, 1.807) is 16.7 Å². The Morgan fingerprint density at radius 3 is 2.64 bits per heavy atom. The molecule has 7 heteroatoms. The first-order valence-electron chi connectivity index (χ1n) is 10.0. The molecular formula is C21H28N2O5. The summed E-state index contributed by atoms with van der Waals surface area (Å²) in [7, 11) is 0. The molecule has 0 radical (unpaired) electrons. The molecule has 2 atom stereocenters. The number of likely N-dealkylation sites (tertiary alicyclic amines) is 1. The summed E-state index contributed by atoms with van der Waals surface area (Å²) in [6.07, 6.45) is 1.69. The maximum absolute atomic E-state index is 13.0. The van der Waals surface area contributed by atoms with Crippen LogP contribution in [0.1, 0.15) is 33.1 Å². The summed E-state index contributed by atoms with van der Waals surface area (Å²) < 4.78 is 10.7. The van der Waals surface area contributed by atoms with Crippen LogP contribution in [0.4, 0.5) is 5.69 Å². The van der Waals surface area contributed by atoms with E-state index in [2.05, 4.69) is 0 Å². The highest BCUT2D eigenvalue weighted by molar-refractivity contribution is 6.01. The van der Waals surface area contributed by atoms with Gasteiger partial charge in [0.05, 0.1) is 30.7 Å². The van der Waals surface area contributed by atoms with Crippen molar-refractivity contribution in [3.63, 3.8) is 0 Å². The van der Waals surface area contributed by atoms with Gasteiger partial charge in [0.15, 0.2) is 0 Å². The van der Waals surface area contributed by atoms with Crippen LogP contribution in [-0.4, -0.2) is 55.5 Å². The first-order valence-corrected chi connectivity index (χ1v) is 10.0. The number of hydrogen-bond acceptors (Lipinski definition) is 5. The molecule has 1 aromatic carbocycles. The largest absolute Gasteiger partial charge is 0.492 e. The predicted molar refractivity (Wildman–Crippen MR) is 104 cm³/mol. The Morgan fingerprint density at radius 1 is 1.11 bits per heavy atom. The summed E-state index contributed by atoms with van der Waals surface area (Å²) in [6, 6.07) is 7.39. The molecule has 2 saturated heterocycles. The molecule has 0 aliphatic carbocycles. The van der Waals surface area contributed by atoms with Crippen molar-refractivity contribution in [1.82, 2.24) is 4.90 Å². The van der Waals surface area contributed by atoms with E-state index in [0.717, 1.165) is 12.8 Å². The SMILES string of the molecule is CCOC(=O)C1CCCN(C(=O)C2CC(=O)N(c3ccccc3OCC)C2)C1. The molecule has 0 saturated carbocycles. The number of rotatable bonds is 6. The van der Waals surface area contributed by atoms with Crippen molar-refractivity contribution < 1.29 is 23.9 Å². The number of anilines is 1. The fourth-order valence-corrected chi connectivity index (χ4v) is 3.95. The van der Waals surface area contributed by atoms with E-state index in [1.807, 2.05) is 31.2 Å². The topological polar surface area (TPSA) is 76.2 Å². The third-order valence-corrected chi connectivity index (χ3v) is 5.28. The third kappa shape index (κ3) is 4.29. The van der Waals surface area contributed by atoms with Crippen LogP contribution in [0.15, 0.2) is 24.3 Å². The lowest BCUT2D eigenvalue weighted by Crippen LogP contribution is -2.45. The average molecular weight is 388 g/mol. The molecule has 0 N–H and O–H groups in total. The van der Waals surface area contributed by atoms with Gasteiger partial charge in [-0.25, -0.2) is 0 Å². The number of hydrogen-bond donors (Lipinski definition) is 0. The Kier molecular flexibility index (Phi) is 6.54. The molecule has 0 spiro atoms. The van der Waals surface area contributed by atoms with Crippen LogP contribution in [0.3, 0.4) is 0 Å². The van der Waals surface area contributed by atoms with Crippen molar-refractivity contribution in [2.45, 2.75) is 33.1 Å². The van der Waals surface area contributed by atoms with Gasteiger partial charge in [0.1, 0.15) is 5.75 Å². The van der Waals surface area contributed by atoms with Crippen molar-refractivity contribution in [3.05, 3.63) is 24.3 Å². The van der Waals surface area contributed by atoms with Gasteiger partial charge in [-0.1, -0.05) is 12.1 Å². The lowest BCUT2D eigenvalue weighted by atomic mass is 9.96. The molecule has 7 nitrogen and oxygen atoms in total. The van der Waals surface area contributed by atoms with Gasteiger partial charge < -0.3 is 19.3 Å². The number of ether oxygens (including phenoxy) is 2. The van der Waals surface area contributed by atoms with Crippen molar-refractivity contribution in [2.24, 2.45) is 11.8 Å². The molecule has 2 amide bonds. The number of piperidine rings is 1. The van der Waals surface area contributed by atoms with E-state index in [1.165, 1.54) is 0 Å². The van der Waals surface area contributed by atoms with Gasteiger partial charge in [-0.3, -0.25) is 14.4 Å². The molecule has 2 unspecified atom stereocenters. The summed E-state index contributed by atoms with van der Waals surface area (Å²) in [4.78, 5) is 41.0. The first-order chi connectivity index (χ1) is 13.5. The lowest BCUT2D eigenvalue weighted by Gasteiger charge is -2.33. The van der Waals surface area contributed by atoms with E-state index in [9.17, 15) is 14.4 Å². The van der Waals surface area contributed by atoms with Crippen LogP contribution in [0.5, 0.6) is 5.75 Å². The summed E-state index contributed by atoms with van der Waals surface area (Å²) in [5.41, 5.74) is 0.702. The number of amides is 2. The first kappa shape index (κ1) is 20.2. The molecule has 2 heterocycles.